The first-order valence-corrected chi connectivity index (χ1v) is 6.77. The highest BCUT2D eigenvalue weighted by molar-refractivity contribution is 7.17. The Morgan fingerprint density at radius 2 is 2.18 bits per heavy atom. The maximum Gasteiger partial charge on any atom is 0.196 e. The van der Waals surface area contributed by atoms with Gasteiger partial charge in [-0.2, -0.15) is 0 Å². The number of hydrogen-bond donors (Lipinski definition) is 0. The molecule has 4 heteroatoms. The van der Waals surface area contributed by atoms with Crippen LogP contribution >= 0.6 is 22.9 Å². The van der Waals surface area contributed by atoms with Gasteiger partial charge in [-0.3, -0.25) is 0 Å². The Morgan fingerprint density at radius 3 is 3.06 bits per heavy atom. The second-order valence-corrected chi connectivity index (χ2v) is 4.99. The molecule has 86 valence electrons. The van der Waals surface area contributed by atoms with Crippen LogP contribution in [0, 0.1) is 0 Å². The van der Waals surface area contributed by atoms with Gasteiger partial charge in [-0.1, -0.05) is 18.2 Å². The van der Waals surface area contributed by atoms with Crippen LogP contribution in [0.4, 0.5) is 0 Å². The van der Waals surface area contributed by atoms with Crippen LogP contribution in [-0.4, -0.2) is 10.9 Å². The Balaban J connectivity index is 2.07. The molecule has 1 aromatic carbocycles. The topological polar surface area (TPSA) is 26.0 Å². The van der Waals surface area contributed by atoms with Crippen molar-refractivity contribution in [2.75, 3.05) is 5.88 Å². The van der Waals surface area contributed by atoms with Crippen LogP contribution in [0.25, 0.3) is 21.4 Å². The minimum atomic E-state index is 0.532. The van der Waals surface area contributed by atoms with Crippen LogP contribution in [0.5, 0.6) is 0 Å². The number of oxazole rings is 1. The first kappa shape index (κ1) is 10.8. The van der Waals surface area contributed by atoms with Crippen LogP contribution in [0.1, 0.15) is 5.89 Å². The Morgan fingerprint density at radius 1 is 1.29 bits per heavy atom. The molecule has 0 aliphatic heterocycles. The molecule has 17 heavy (non-hydrogen) atoms. The molecule has 3 rings (SSSR count). The number of rotatable bonds is 3. The van der Waals surface area contributed by atoms with Gasteiger partial charge in [0.15, 0.2) is 11.7 Å². The van der Waals surface area contributed by atoms with Gasteiger partial charge in [-0.15, -0.1) is 22.9 Å². The summed E-state index contributed by atoms with van der Waals surface area (Å²) >= 11 is 7.38. The Bertz CT molecular complexity index is 643. The SMILES string of the molecule is ClCCc1ncc(-c2csc3ccccc23)o1. The number of aryl methyl sites for hydroxylation is 1. The molecule has 2 heterocycles. The summed E-state index contributed by atoms with van der Waals surface area (Å²) in [7, 11) is 0. The number of nitrogens with zero attached hydrogens (tertiary/aromatic N) is 1. The summed E-state index contributed by atoms with van der Waals surface area (Å²) in [6.45, 7) is 0. The van der Waals surface area contributed by atoms with Crippen molar-refractivity contribution in [1.29, 1.82) is 0 Å². The largest absolute Gasteiger partial charge is 0.441 e. The lowest BCUT2D eigenvalue weighted by Crippen LogP contribution is -1.83. The molecule has 0 atom stereocenters. The zero-order valence-electron chi connectivity index (χ0n) is 9.02. The van der Waals surface area contributed by atoms with Crippen molar-refractivity contribution in [2.45, 2.75) is 6.42 Å². The summed E-state index contributed by atoms with van der Waals surface area (Å²) in [6, 6.07) is 8.29. The lowest BCUT2D eigenvalue weighted by molar-refractivity contribution is 0.515. The molecule has 0 fully saturated rings. The van der Waals surface area contributed by atoms with E-state index in [9.17, 15) is 0 Å². The average molecular weight is 264 g/mol. The van der Waals surface area contributed by atoms with E-state index in [1.165, 1.54) is 10.1 Å². The zero-order chi connectivity index (χ0) is 11.7. The predicted molar refractivity (Wildman–Crippen MR) is 71.7 cm³/mol. The van der Waals surface area contributed by atoms with Gasteiger partial charge in [0.1, 0.15) is 0 Å². The van der Waals surface area contributed by atoms with E-state index >= 15 is 0 Å². The van der Waals surface area contributed by atoms with Gasteiger partial charge in [0.25, 0.3) is 0 Å². The molecule has 0 aliphatic carbocycles. The van der Waals surface area contributed by atoms with E-state index < -0.39 is 0 Å². The van der Waals surface area contributed by atoms with Crippen molar-refractivity contribution >= 4 is 33.0 Å². The normalized spacial score (nSPS) is 11.1. The van der Waals surface area contributed by atoms with E-state index in [1.54, 1.807) is 17.5 Å². The molecule has 0 saturated heterocycles. The monoisotopic (exact) mass is 263 g/mol. The lowest BCUT2D eigenvalue weighted by Gasteiger charge is -1.93. The number of thiophene rings is 1. The molecule has 2 aromatic heterocycles. The fourth-order valence-corrected chi connectivity index (χ4v) is 2.91. The van der Waals surface area contributed by atoms with E-state index in [1.807, 2.05) is 12.1 Å². The number of halogens is 1. The van der Waals surface area contributed by atoms with E-state index in [-0.39, 0.29) is 0 Å². The number of fused-ring (bicyclic) bond motifs is 1. The summed E-state index contributed by atoms with van der Waals surface area (Å²) in [6.07, 6.45) is 2.44. The molecular formula is C13H10ClNOS. The zero-order valence-corrected chi connectivity index (χ0v) is 10.6. The minimum absolute atomic E-state index is 0.532. The van der Waals surface area contributed by atoms with Crippen LogP contribution in [0.2, 0.25) is 0 Å². The molecule has 0 bridgehead atoms. The van der Waals surface area contributed by atoms with Crippen LogP contribution in [0.15, 0.2) is 40.3 Å². The third-order valence-corrected chi connectivity index (χ3v) is 3.76. The number of hydrogen-bond acceptors (Lipinski definition) is 3. The van der Waals surface area contributed by atoms with Crippen molar-refractivity contribution in [3.8, 4) is 11.3 Å². The minimum Gasteiger partial charge on any atom is -0.441 e. The number of alkyl halides is 1. The standard InChI is InChI=1S/C13H10ClNOS/c14-6-5-13-15-7-11(16-13)10-8-17-12-4-2-1-3-9(10)12/h1-4,7-8H,5-6H2. The average Bonchev–Trinajstić information content (AvgIpc) is 2.95. The van der Waals surface area contributed by atoms with Crippen molar-refractivity contribution in [2.24, 2.45) is 0 Å². The Labute approximate surface area is 108 Å². The second kappa shape index (κ2) is 4.51. The smallest absolute Gasteiger partial charge is 0.196 e. The summed E-state index contributed by atoms with van der Waals surface area (Å²) in [5, 5.41) is 3.32. The van der Waals surface area contributed by atoms with Gasteiger partial charge in [0, 0.05) is 33.3 Å². The molecule has 0 aliphatic rings. The molecule has 0 spiro atoms. The molecule has 0 N–H and O–H groups in total. The maximum absolute atomic E-state index is 5.69. The highest BCUT2D eigenvalue weighted by Gasteiger charge is 2.10. The van der Waals surface area contributed by atoms with Crippen molar-refractivity contribution in [1.82, 2.24) is 4.98 Å². The molecule has 0 saturated carbocycles. The van der Waals surface area contributed by atoms with Crippen molar-refractivity contribution < 1.29 is 4.42 Å². The van der Waals surface area contributed by atoms with E-state index in [0.717, 1.165) is 11.3 Å². The first-order chi connectivity index (χ1) is 8.38. The van der Waals surface area contributed by atoms with Crippen LogP contribution in [0.3, 0.4) is 0 Å². The van der Waals surface area contributed by atoms with Gasteiger partial charge in [0.05, 0.1) is 6.20 Å². The molecule has 0 radical (unpaired) electrons. The van der Waals surface area contributed by atoms with Crippen LogP contribution in [-0.2, 0) is 6.42 Å². The van der Waals surface area contributed by atoms with E-state index in [4.69, 9.17) is 16.0 Å². The van der Waals surface area contributed by atoms with E-state index in [2.05, 4.69) is 22.5 Å². The maximum atomic E-state index is 5.69. The number of benzene rings is 1. The third-order valence-electron chi connectivity index (χ3n) is 2.61. The van der Waals surface area contributed by atoms with E-state index in [0.29, 0.717) is 18.2 Å². The van der Waals surface area contributed by atoms with Gasteiger partial charge >= 0.3 is 0 Å². The van der Waals surface area contributed by atoms with Crippen LogP contribution < -0.4 is 0 Å². The number of aromatic nitrogens is 1. The van der Waals surface area contributed by atoms with Gasteiger partial charge in [-0.05, 0) is 6.07 Å². The summed E-state index contributed by atoms with van der Waals surface area (Å²) in [5.41, 5.74) is 1.11. The fraction of sp³-hybridized carbons (Fsp3) is 0.154. The molecule has 2 nitrogen and oxygen atoms in total. The molecule has 0 amide bonds. The Hall–Kier alpha value is -1.32. The highest BCUT2D eigenvalue weighted by Crippen LogP contribution is 2.34. The first-order valence-electron chi connectivity index (χ1n) is 5.36. The second-order valence-electron chi connectivity index (χ2n) is 3.70. The van der Waals surface area contributed by atoms with Gasteiger partial charge < -0.3 is 4.42 Å². The summed E-state index contributed by atoms with van der Waals surface area (Å²) in [5.74, 6) is 2.05. The van der Waals surface area contributed by atoms with Crippen molar-refractivity contribution in [3.63, 3.8) is 0 Å². The highest BCUT2D eigenvalue weighted by atomic mass is 35.5. The van der Waals surface area contributed by atoms with Gasteiger partial charge in [-0.25, -0.2) is 4.98 Å². The quantitative estimate of drug-likeness (QED) is 0.657. The molecular weight excluding hydrogens is 254 g/mol. The van der Waals surface area contributed by atoms with Crippen molar-refractivity contribution in [3.05, 3.63) is 41.7 Å². The summed E-state index contributed by atoms with van der Waals surface area (Å²) in [4.78, 5) is 4.22. The Kier molecular flexibility index (Phi) is 2.87. The third kappa shape index (κ3) is 1.96. The molecule has 0 unspecified atom stereocenters. The fourth-order valence-electron chi connectivity index (χ4n) is 1.80. The molecule has 3 aromatic rings. The van der Waals surface area contributed by atoms with Gasteiger partial charge in [0.2, 0.25) is 0 Å². The lowest BCUT2D eigenvalue weighted by atomic mass is 10.1. The predicted octanol–water partition coefficient (Wildman–Crippen LogP) is 4.34. The summed E-state index contributed by atoms with van der Waals surface area (Å²) < 4.78 is 6.95.